The molecule has 0 unspecified atom stereocenters. The molecule has 0 aliphatic carbocycles. The van der Waals surface area contributed by atoms with Gasteiger partial charge in [0.05, 0.1) is 22.8 Å². The zero-order chi connectivity index (χ0) is 29.1. The normalized spacial score (nSPS) is 16.5. The Morgan fingerprint density at radius 2 is 1.69 bits per heavy atom. The van der Waals surface area contributed by atoms with Crippen LogP contribution in [0.2, 0.25) is 10.0 Å². The highest BCUT2D eigenvalue weighted by Gasteiger charge is 2.21. The predicted molar refractivity (Wildman–Crippen MR) is 170 cm³/mol. The highest BCUT2D eigenvalue weighted by Crippen LogP contribution is 2.42. The molecule has 216 valence electrons. The second-order valence-corrected chi connectivity index (χ2v) is 11.7. The van der Waals surface area contributed by atoms with Crippen LogP contribution in [0.1, 0.15) is 36.0 Å². The first-order chi connectivity index (χ1) is 20.5. The molecule has 2 aliphatic rings. The van der Waals surface area contributed by atoms with Gasteiger partial charge in [0.2, 0.25) is 11.8 Å². The van der Waals surface area contributed by atoms with Gasteiger partial charge in [0.1, 0.15) is 0 Å². The van der Waals surface area contributed by atoms with E-state index in [2.05, 4.69) is 40.2 Å². The molecule has 3 aromatic carbocycles. The number of rotatable bonds is 8. The molecule has 0 bridgehead atoms. The maximum atomic E-state index is 11.5. The maximum Gasteiger partial charge on any atom is 0.220 e. The molecule has 8 heteroatoms. The van der Waals surface area contributed by atoms with Gasteiger partial charge in [0.25, 0.3) is 0 Å². The number of carbonyl (C=O) groups excluding carboxylic acids is 1. The highest BCUT2D eigenvalue weighted by molar-refractivity contribution is 6.39. The van der Waals surface area contributed by atoms with Crippen LogP contribution in [0.4, 0.5) is 0 Å². The lowest BCUT2D eigenvalue weighted by atomic mass is 9.94. The van der Waals surface area contributed by atoms with Crippen LogP contribution in [0.3, 0.4) is 0 Å². The molecule has 1 amide bonds. The minimum Gasteiger partial charge on any atom is -0.481 e. The Morgan fingerprint density at radius 1 is 0.929 bits per heavy atom. The van der Waals surface area contributed by atoms with Gasteiger partial charge in [0, 0.05) is 59.9 Å². The molecule has 3 N–H and O–H groups in total. The topological polar surface area (TPSA) is 75.3 Å². The Kier molecular flexibility index (Phi) is 8.77. The van der Waals surface area contributed by atoms with Crippen molar-refractivity contribution >= 4 is 29.1 Å². The summed E-state index contributed by atoms with van der Waals surface area (Å²) in [6.45, 7) is 3.23. The lowest BCUT2D eigenvalue weighted by Crippen LogP contribution is -2.35. The molecule has 1 saturated heterocycles. The molecule has 0 radical (unpaired) electrons. The largest absolute Gasteiger partial charge is 0.481 e. The molecule has 4 aromatic rings. The zero-order valence-electron chi connectivity index (χ0n) is 23.6. The van der Waals surface area contributed by atoms with E-state index in [0.717, 1.165) is 71.4 Å². The van der Waals surface area contributed by atoms with E-state index in [0.29, 0.717) is 35.4 Å². The monoisotopic (exact) mass is 600 g/mol. The second kappa shape index (κ2) is 12.8. The van der Waals surface area contributed by atoms with Crippen molar-refractivity contribution in [1.29, 1.82) is 0 Å². The quantitative estimate of drug-likeness (QED) is 0.207. The van der Waals surface area contributed by atoms with Crippen molar-refractivity contribution in [3.63, 3.8) is 0 Å². The van der Waals surface area contributed by atoms with E-state index in [1.54, 1.807) is 7.11 Å². The van der Waals surface area contributed by atoms with Crippen molar-refractivity contribution in [3.05, 3.63) is 93.5 Å². The minimum absolute atomic E-state index is 0.115. The maximum absolute atomic E-state index is 11.5. The molecular weight excluding hydrogens is 567 g/mol. The lowest BCUT2D eigenvalue weighted by Gasteiger charge is -2.16. The van der Waals surface area contributed by atoms with Gasteiger partial charge in [-0.05, 0) is 48.6 Å². The number of hydrogen-bond donors (Lipinski definition) is 3. The molecule has 1 atom stereocenters. The van der Waals surface area contributed by atoms with Crippen molar-refractivity contribution in [3.8, 4) is 39.4 Å². The average Bonchev–Trinajstić information content (AvgIpc) is 3.27. The number of amides is 1. The Bertz CT molecular complexity index is 1620. The van der Waals surface area contributed by atoms with E-state index >= 15 is 0 Å². The number of pyridine rings is 1. The van der Waals surface area contributed by atoms with Crippen molar-refractivity contribution in [2.75, 3.05) is 20.2 Å². The fourth-order valence-corrected chi connectivity index (χ4v) is 6.53. The standard InChI is InChI=1S/C34H34Cl2N4O2/c1-42-34-24(19-38-20-25-13-15-31(41)39-25)12-14-30(40-34)29-9-3-8-28(33(29)36)27-7-2-6-26(32(27)35)22-10-11-23-18-37-16-4-5-21(23)17-22/h2-3,6-12,14,17,25,37-38H,4-5,13,15-16,18-20H2,1H3,(H,39,41)/t25-/m1/s1. The van der Waals surface area contributed by atoms with Gasteiger partial charge in [-0.1, -0.05) is 83.9 Å². The average molecular weight is 602 g/mol. The van der Waals surface area contributed by atoms with Crippen molar-refractivity contribution < 1.29 is 9.53 Å². The summed E-state index contributed by atoms with van der Waals surface area (Å²) in [6.07, 6.45) is 3.63. The molecule has 42 heavy (non-hydrogen) atoms. The van der Waals surface area contributed by atoms with E-state index in [1.165, 1.54) is 11.1 Å². The van der Waals surface area contributed by atoms with E-state index in [4.69, 9.17) is 32.9 Å². The molecule has 1 aromatic heterocycles. The zero-order valence-corrected chi connectivity index (χ0v) is 25.1. The highest BCUT2D eigenvalue weighted by atomic mass is 35.5. The van der Waals surface area contributed by atoms with Crippen molar-refractivity contribution in [2.45, 2.75) is 44.8 Å². The molecule has 1 fully saturated rings. The molecule has 0 saturated carbocycles. The van der Waals surface area contributed by atoms with Crippen LogP contribution in [0, 0.1) is 0 Å². The van der Waals surface area contributed by atoms with Crippen molar-refractivity contribution in [2.24, 2.45) is 0 Å². The number of halogens is 2. The number of benzene rings is 3. The summed E-state index contributed by atoms with van der Waals surface area (Å²) in [6, 6.07) is 22.8. The number of fused-ring (bicyclic) bond motifs is 1. The van der Waals surface area contributed by atoms with Gasteiger partial charge in [-0.3, -0.25) is 4.79 Å². The van der Waals surface area contributed by atoms with Crippen LogP contribution in [-0.2, 0) is 24.3 Å². The number of aryl methyl sites for hydroxylation is 1. The molecular formula is C34H34Cl2N4O2. The van der Waals surface area contributed by atoms with Gasteiger partial charge in [-0.15, -0.1) is 0 Å². The first-order valence-electron chi connectivity index (χ1n) is 14.5. The Labute approximate surface area is 256 Å². The predicted octanol–water partition coefficient (Wildman–Crippen LogP) is 6.80. The summed E-state index contributed by atoms with van der Waals surface area (Å²) < 4.78 is 5.64. The van der Waals surface area contributed by atoms with E-state index in [-0.39, 0.29) is 11.9 Å². The smallest absolute Gasteiger partial charge is 0.220 e. The fourth-order valence-electron chi connectivity index (χ4n) is 5.87. The Morgan fingerprint density at radius 3 is 2.45 bits per heavy atom. The Hall–Kier alpha value is -3.42. The lowest BCUT2D eigenvalue weighted by molar-refractivity contribution is -0.119. The van der Waals surface area contributed by atoms with Gasteiger partial charge < -0.3 is 20.7 Å². The summed E-state index contributed by atoms with van der Waals surface area (Å²) in [7, 11) is 1.62. The number of ether oxygens (including phenoxy) is 1. The van der Waals surface area contributed by atoms with Gasteiger partial charge in [-0.25, -0.2) is 4.98 Å². The van der Waals surface area contributed by atoms with E-state index in [1.807, 2.05) is 42.5 Å². The van der Waals surface area contributed by atoms with Crippen LogP contribution in [0.15, 0.2) is 66.7 Å². The van der Waals surface area contributed by atoms with Gasteiger partial charge in [-0.2, -0.15) is 0 Å². The molecule has 0 spiro atoms. The summed E-state index contributed by atoms with van der Waals surface area (Å²) in [4.78, 5) is 16.3. The number of nitrogens with one attached hydrogen (secondary N) is 3. The fraction of sp³-hybridized carbons (Fsp3) is 0.294. The third-order valence-corrected chi connectivity index (χ3v) is 8.93. The Balaban J connectivity index is 1.27. The number of nitrogens with zero attached hydrogens (tertiary/aromatic N) is 1. The summed E-state index contributed by atoms with van der Waals surface area (Å²) in [5.74, 6) is 0.652. The van der Waals surface area contributed by atoms with Gasteiger partial charge >= 0.3 is 0 Å². The third kappa shape index (κ3) is 6.04. The minimum atomic E-state index is 0.115. The first-order valence-corrected chi connectivity index (χ1v) is 15.2. The molecule has 2 aliphatic heterocycles. The number of methoxy groups -OCH3 is 1. The summed E-state index contributed by atoms with van der Waals surface area (Å²) >= 11 is 14.2. The van der Waals surface area contributed by atoms with E-state index in [9.17, 15) is 4.79 Å². The van der Waals surface area contributed by atoms with Crippen molar-refractivity contribution in [1.82, 2.24) is 20.9 Å². The molecule has 3 heterocycles. The number of aromatic nitrogens is 1. The van der Waals surface area contributed by atoms with E-state index < -0.39 is 0 Å². The SMILES string of the molecule is COc1nc(-c2cccc(-c3cccc(-c4ccc5c(c4)CCCNC5)c3Cl)c2Cl)ccc1CNC[C@H]1CCC(=O)N1. The van der Waals surface area contributed by atoms with Crippen LogP contribution in [-0.4, -0.2) is 37.1 Å². The molecule has 6 nitrogen and oxygen atoms in total. The summed E-state index contributed by atoms with van der Waals surface area (Å²) in [5, 5.41) is 11.1. The van der Waals surface area contributed by atoms with Crippen LogP contribution >= 0.6 is 23.2 Å². The van der Waals surface area contributed by atoms with Crippen LogP contribution in [0.25, 0.3) is 33.5 Å². The summed E-state index contributed by atoms with van der Waals surface area (Å²) in [5.41, 5.74) is 9.02. The van der Waals surface area contributed by atoms with Crippen LogP contribution in [0.5, 0.6) is 5.88 Å². The number of hydrogen-bond acceptors (Lipinski definition) is 5. The van der Waals surface area contributed by atoms with Gasteiger partial charge in [0.15, 0.2) is 0 Å². The second-order valence-electron chi connectivity index (χ2n) is 10.9. The first kappa shape index (κ1) is 28.7. The third-order valence-electron chi connectivity index (χ3n) is 8.12. The molecule has 6 rings (SSSR count). The van der Waals surface area contributed by atoms with Crippen LogP contribution < -0.4 is 20.7 Å². The number of carbonyl (C=O) groups is 1.